The maximum absolute atomic E-state index is 13.1. The Hall–Kier alpha value is -3.25. The van der Waals surface area contributed by atoms with Crippen molar-refractivity contribution in [1.82, 2.24) is 14.5 Å². The molecule has 146 valence electrons. The third-order valence-electron chi connectivity index (χ3n) is 4.91. The normalized spacial score (nSPS) is 11.0. The lowest BCUT2D eigenvalue weighted by Gasteiger charge is -2.11. The second-order valence-corrected chi connectivity index (χ2v) is 8.18. The molecule has 0 aliphatic carbocycles. The number of hydrogen-bond acceptors (Lipinski definition) is 4. The summed E-state index contributed by atoms with van der Waals surface area (Å²) in [7, 11) is 3.45. The Morgan fingerprint density at radius 2 is 1.76 bits per heavy atom. The van der Waals surface area contributed by atoms with Crippen molar-refractivity contribution in [1.29, 1.82) is 0 Å². The lowest BCUT2D eigenvalue weighted by molar-refractivity contribution is 0.0827. The molecule has 4 rings (SSSR count). The van der Waals surface area contributed by atoms with Gasteiger partial charge in [-0.3, -0.25) is 14.2 Å². The largest absolute Gasteiger partial charge is 0.345 e. The van der Waals surface area contributed by atoms with Crippen LogP contribution in [0.3, 0.4) is 0 Å². The van der Waals surface area contributed by atoms with Gasteiger partial charge in [-0.05, 0) is 35.7 Å². The number of hydrogen-bond donors (Lipinski definition) is 0. The predicted octanol–water partition coefficient (Wildman–Crippen LogP) is 4.18. The Labute approximate surface area is 172 Å². The Bertz CT molecular complexity index is 1240. The summed E-state index contributed by atoms with van der Waals surface area (Å²) >= 11 is 1.55. The highest BCUT2D eigenvalue weighted by molar-refractivity contribution is 7.22. The molecule has 0 fully saturated rings. The highest BCUT2D eigenvalue weighted by Gasteiger charge is 2.16. The third-order valence-corrected chi connectivity index (χ3v) is 6.16. The molecule has 0 aliphatic heterocycles. The van der Waals surface area contributed by atoms with Crippen molar-refractivity contribution in [3.05, 3.63) is 88.0 Å². The molecule has 29 heavy (non-hydrogen) atoms. The molecule has 1 amide bonds. The van der Waals surface area contributed by atoms with Gasteiger partial charge in [0.1, 0.15) is 4.83 Å². The van der Waals surface area contributed by atoms with Crippen LogP contribution in [0, 0.1) is 6.92 Å². The van der Waals surface area contributed by atoms with Crippen LogP contribution < -0.4 is 5.56 Å². The number of aryl methyl sites for hydroxylation is 1. The number of thiophene rings is 1. The van der Waals surface area contributed by atoms with Crippen molar-refractivity contribution in [2.24, 2.45) is 0 Å². The predicted molar refractivity (Wildman–Crippen MR) is 118 cm³/mol. The van der Waals surface area contributed by atoms with Crippen LogP contribution in [0.4, 0.5) is 0 Å². The molecule has 0 unspecified atom stereocenters. The van der Waals surface area contributed by atoms with Gasteiger partial charge >= 0.3 is 0 Å². The summed E-state index contributed by atoms with van der Waals surface area (Å²) in [5.41, 5.74) is 3.59. The minimum absolute atomic E-state index is 0.0422. The summed E-state index contributed by atoms with van der Waals surface area (Å²) in [5.74, 6) is -0.0425. The van der Waals surface area contributed by atoms with Gasteiger partial charge in [-0.25, -0.2) is 4.98 Å². The molecule has 0 N–H and O–H groups in total. The number of rotatable bonds is 4. The molecule has 0 saturated heterocycles. The smallest absolute Gasteiger partial charge is 0.262 e. The zero-order chi connectivity index (χ0) is 20.5. The molecule has 5 nitrogen and oxygen atoms in total. The SMILES string of the molecule is Cc1c(-c2ccccc2)sc2ncn(Cc3ccc(C(=O)N(C)C)cc3)c(=O)c12. The van der Waals surface area contributed by atoms with Crippen molar-refractivity contribution in [3.8, 4) is 10.4 Å². The molecule has 0 spiro atoms. The van der Waals surface area contributed by atoms with Crippen LogP contribution >= 0.6 is 11.3 Å². The molecule has 2 aromatic carbocycles. The number of amides is 1. The second kappa shape index (κ2) is 7.64. The maximum atomic E-state index is 13.1. The number of benzene rings is 2. The van der Waals surface area contributed by atoms with Crippen LogP contribution in [0.1, 0.15) is 21.5 Å². The standard InChI is InChI=1S/C23H21N3O2S/c1-15-19-21(29-20(15)17-7-5-4-6-8-17)24-14-26(23(19)28)13-16-9-11-18(12-10-16)22(27)25(2)3/h4-12,14H,13H2,1-3H3. The Morgan fingerprint density at radius 3 is 2.41 bits per heavy atom. The molecule has 2 heterocycles. The molecule has 4 aromatic rings. The maximum Gasteiger partial charge on any atom is 0.262 e. The quantitative estimate of drug-likeness (QED) is 0.514. The first-order valence-corrected chi connectivity index (χ1v) is 10.1. The zero-order valence-corrected chi connectivity index (χ0v) is 17.4. The number of carbonyl (C=O) groups excluding carboxylic acids is 1. The lowest BCUT2D eigenvalue weighted by atomic mass is 10.1. The Kier molecular flexibility index (Phi) is 5.03. The molecule has 0 aliphatic rings. The average molecular weight is 404 g/mol. The Balaban J connectivity index is 1.69. The fourth-order valence-corrected chi connectivity index (χ4v) is 4.49. The van der Waals surface area contributed by atoms with Crippen molar-refractivity contribution >= 4 is 27.5 Å². The summed E-state index contributed by atoms with van der Waals surface area (Å²) in [4.78, 5) is 33.1. The van der Waals surface area contributed by atoms with Gasteiger partial charge in [0.2, 0.25) is 0 Å². The first kappa shape index (κ1) is 19.1. The molecule has 6 heteroatoms. The topological polar surface area (TPSA) is 55.2 Å². The van der Waals surface area contributed by atoms with Crippen molar-refractivity contribution in [2.75, 3.05) is 14.1 Å². The van der Waals surface area contributed by atoms with Crippen LogP contribution in [0.5, 0.6) is 0 Å². The van der Waals surface area contributed by atoms with Crippen molar-refractivity contribution in [3.63, 3.8) is 0 Å². The van der Waals surface area contributed by atoms with E-state index in [9.17, 15) is 9.59 Å². The molecule has 2 aromatic heterocycles. The van der Waals surface area contributed by atoms with Gasteiger partial charge in [-0.2, -0.15) is 0 Å². The molecule has 0 atom stereocenters. The zero-order valence-electron chi connectivity index (χ0n) is 16.5. The van der Waals surface area contributed by atoms with Crippen LogP contribution in [0.15, 0.2) is 65.7 Å². The van der Waals surface area contributed by atoms with Gasteiger partial charge in [-0.15, -0.1) is 11.3 Å². The van der Waals surface area contributed by atoms with E-state index in [1.807, 2.05) is 49.4 Å². The Morgan fingerprint density at radius 1 is 1.07 bits per heavy atom. The van der Waals surface area contributed by atoms with Gasteiger partial charge in [0.05, 0.1) is 18.3 Å². The van der Waals surface area contributed by atoms with Gasteiger partial charge in [0.15, 0.2) is 0 Å². The third kappa shape index (κ3) is 3.59. The van der Waals surface area contributed by atoms with E-state index in [2.05, 4.69) is 4.98 Å². The first-order chi connectivity index (χ1) is 14.0. The van der Waals surface area contributed by atoms with E-state index >= 15 is 0 Å². The van der Waals surface area contributed by atoms with Crippen molar-refractivity contribution < 1.29 is 4.79 Å². The average Bonchev–Trinajstić information content (AvgIpc) is 3.08. The van der Waals surface area contributed by atoms with E-state index in [4.69, 9.17) is 0 Å². The summed E-state index contributed by atoms with van der Waals surface area (Å²) in [6, 6.07) is 17.4. The van der Waals surface area contributed by atoms with Crippen LogP contribution in [0.2, 0.25) is 0 Å². The number of fused-ring (bicyclic) bond motifs is 1. The lowest BCUT2D eigenvalue weighted by Crippen LogP contribution is -2.22. The molecule has 0 bridgehead atoms. The molecular weight excluding hydrogens is 382 g/mol. The first-order valence-electron chi connectivity index (χ1n) is 9.30. The number of aromatic nitrogens is 2. The summed E-state index contributed by atoms with van der Waals surface area (Å²) in [6.45, 7) is 2.39. The van der Waals surface area contributed by atoms with E-state index < -0.39 is 0 Å². The fraction of sp³-hybridized carbons (Fsp3) is 0.174. The van der Waals surface area contributed by atoms with E-state index in [0.717, 1.165) is 26.4 Å². The summed E-state index contributed by atoms with van der Waals surface area (Å²) < 4.78 is 1.62. The van der Waals surface area contributed by atoms with Crippen LogP contribution in [-0.2, 0) is 6.54 Å². The van der Waals surface area contributed by atoms with Gasteiger partial charge < -0.3 is 4.90 Å². The summed E-state index contributed by atoms with van der Waals surface area (Å²) in [6.07, 6.45) is 1.61. The van der Waals surface area contributed by atoms with Crippen LogP contribution in [0.25, 0.3) is 20.7 Å². The van der Waals surface area contributed by atoms with Gasteiger partial charge in [0.25, 0.3) is 11.5 Å². The number of nitrogens with zero attached hydrogens (tertiary/aromatic N) is 3. The highest BCUT2D eigenvalue weighted by atomic mass is 32.1. The second-order valence-electron chi connectivity index (χ2n) is 7.18. The van der Waals surface area contributed by atoms with Crippen LogP contribution in [-0.4, -0.2) is 34.5 Å². The van der Waals surface area contributed by atoms with E-state index in [1.54, 1.807) is 53.4 Å². The van der Waals surface area contributed by atoms with Crippen molar-refractivity contribution in [2.45, 2.75) is 13.5 Å². The van der Waals surface area contributed by atoms with Gasteiger partial charge in [-0.1, -0.05) is 42.5 Å². The monoisotopic (exact) mass is 403 g/mol. The molecule has 0 saturated carbocycles. The number of carbonyl (C=O) groups is 1. The summed E-state index contributed by atoms with van der Waals surface area (Å²) in [5, 5.41) is 0.677. The minimum Gasteiger partial charge on any atom is -0.345 e. The molecular formula is C23H21N3O2S. The van der Waals surface area contributed by atoms with E-state index in [1.165, 1.54) is 0 Å². The van der Waals surface area contributed by atoms with E-state index in [0.29, 0.717) is 17.5 Å². The fourth-order valence-electron chi connectivity index (χ4n) is 3.34. The molecule has 0 radical (unpaired) electrons. The highest BCUT2D eigenvalue weighted by Crippen LogP contribution is 2.35. The minimum atomic E-state index is -0.0425. The van der Waals surface area contributed by atoms with E-state index in [-0.39, 0.29) is 11.5 Å². The van der Waals surface area contributed by atoms with Gasteiger partial charge in [0, 0.05) is 24.5 Å².